The fraction of sp³-hybridized carbons (Fsp3) is 0.304. The Balaban J connectivity index is 1.34. The van der Waals surface area contributed by atoms with Crippen molar-refractivity contribution in [3.05, 3.63) is 71.4 Å². The number of aromatic amines is 1. The van der Waals surface area contributed by atoms with Crippen LogP contribution < -0.4 is 5.32 Å². The third-order valence-electron chi connectivity index (χ3n) is 5.57. The standard InChI is InChI=1S/C23H25N3O2/c1-16-20(19-9-5-6-10-21(19)24-16)15-22(27)26-13-11-18(12-14-26)25-23(28)17-7-3-2-4-8-17/h2-10,18,24H,11-15H2,1H3,(H,25,28). The van der Waals surface area contributed by atoms with E-state index in [1.807, 2.05) is 60.4 Å². The van der Waals surface area contributed by atoms with Gasteiger partial charge in [-0.3, -0.25) is 9.59 Å². The van der Waals surface area contributed by atoms with Crippen molar-refractivity contribution in [1.29, 1.82) is 0 Å². The summed E-state index contributed by atoms with van der Waals surface area (Å²) in [5, 5.41) is 4.22. The number of aromatic nitrogens is 1. The zero-order valence-corrected chi connectivity index (χ0v) is 16.1. The molecule has 5 nitrogen and oxygen atoms in total. The Morgan fingerprint density at radius 1 is 1.04 bits per heavy atom. The third kappa shape index (κ3) is 3.79. The van der Waals surface area contributed by atoms with Crippen molar-refractivity contribution in [1.82, 2.24) is 15.2 Å². The second kappa shape index (κ2) is 7.89. The molecule has 1 aliphatic rings. The Kier molecular flexibility index (Phi) is 5.15. The molecule has 0 atom stereocenters. The van der Waals surface area contributed by atoms with E-state index in [9.17, 15) is 9.59 Å². The van der Waals surface area contributed by atoms with Crippen molar-refractivity contribution in [2.45, 2.75) is 32.2 Å². The van der Waals surface area contributed by atoms with E-state index in [1.54, 1.807) is 0 Å². The summed E-state index contributed by atoms with van der Waals surface area (Å²) in [7, 11) is 0. The lowest BCUT2D eigenvalue weighted by Gasteiger charge is -2.32. The summed E-state index contributed by atoms with van der Waals surface area (Å²) in [5.74, 6) is 0.112. The van der Waals surface area contributed by atoms with Gasteiger partial charge in [0.2, 0.25) is 5.91 Å². The topological polar surface area (TPSA) is 65.2 Å². The van der Waals surface area contributed by atoms with Crippen molar-refractivity contribution < 1.29 is 9.59 Å². The molecule has 28 heavy (non-hydrogen) atoms. The number of carbonyl (C=O) groups is 2. The van der Waals surface area contributed by atoms with Crippen LogP contribution in [0, 0.1) is 6.92 Å². The van der Waals surface area contributed by atoms with Gasteiger partial charge in [-0.2, -0.15) is 0 Å². The van der Waals surface area contributed by atoms with Crippen LogP contribution in [0.4, 0.5) is 0 Å². The average molecular weight is 375 g/mol. The minimum atomic E-state index is -0.0419. The quantitative estimate of drug-likeness (QED) is 0.734. The van der Waals surface area contributed by atoms with Gasteiger partial charge in [-0.1, -0.05) is 36.4 Å². The molecule has 1 aromatic heterocycles. The monoisotopic (exact) mass is 375 g/mol. The van der Waals surface area contributed by atoms with Crippen LogP contribution in [0.2, 0.25) is 0 Å². The highest BCUT2D eigenvalue weighted by Gasteiger charge is 2.25. The molecular weight excluding hydrogens is 350 g/mol. The van der Waals surface area contributed by atoms with Crippen LogP contribution in [0.15, 0.2) is 54.6 Å². The molecule has 144 valence electrons. The molecule has 2 N–H and O–H groups in total. The van der Waals surface area contributed by atoms with Gasteiger partial charge in [0.25, 0.3) is 5.91 Å². The van der Waals surface area contributed by atoms with Crippen LogP contribution in [-0.2, 0) is 11.2 Å². The minimum Gasteiger partial charge on any atom is -0.358 e. The highest BCUT2D eigenvalue weighted by atomic mass is 16.2. The smallest absolute Gasteiger partial charge is 0.251 e. The first-order valence-corrected chi connectivity index (χ1v) is 9.81. The molecule has 3 aromatic rings. The largest absolute Gasteiger partial charge is 0.358 e. The number of carbonyl (C=O) groups excluding carboxylic acids is 2. The van der Waals surface area contributed by atoms with E-state index in [2.05, 4.69) is 16.4 Å². The zero-order valence-electron chi connectivity index (χ0n) is 16.1. The number of aryl methyl sites for hydroxylation is 1. The SMILES string of the molecule is Cc1[nH]c2ccccc2c1CC(=O)N1CCC(NC(=O)c2ccccc2)CC1. The predicted octanol–water partition coefficient (Wildman–Crippen LogP) is 3.44. The van der Waals surface area contributed by atoms with Gasteiger partial charge in [-0.25, -0.2) is 0 Å². The van der Waals surface area contributed by atoms with Crippen LogP contribution in [-0.4, -0.2) is 40.8 Å². The van der Waals surface area contributed by atoms with Crippen LogP contribution in [0.3, 0.4) is 0 Å². The molecule has 2 heterocycles. The van der Waals surface area contributed by atoms with E-state index < -0.39 is 0 Å². The van der Waals surface area contributed by atoms with Gasteiger partial charge in [0.1, 0.15) is 0 Å². The number of para-hydroxylation sites is 1. The minimum absolute atomic E-state index is 0.0419. The summed E-state index contributed by atoms with van der Waals surface area (Å²) in [6.45, 7) is 3.38. The molecule has 1 aliphatic heterocycles. The molecule has 0 radical (unpaired) electrons. The van der Waals surface area contributed by atoms with E-state index in [4.69, 9.17) is 0 Å². The maximum absolute atomic E-state index is 12.8. The maximum atomic E-state index is 12.8. The van der Waals surface area contributed by atoms with Gasteiger partial charge in [0.15, 0.2) is 0 Å². The number of benzene rings is 2. The third-order valence-corrected chi connectivity index (χ3v) is 5.57. The van der Waals surface area contributed by atoms with Crippen LogP contribution in [0.1, 0.15) is 34.5 Å². The Hall–Kier alpha value is -3.08. The second-order valence-corrected chi connectivity index (χ2v) is 7.45. The lowest BCUT2D eigenvalue weighted by molar-refractivity contribution is -0.131. The lowest BCUT2D eigenvalue weighted by atomic mass is 10.0. The predicted molar refractivity (Wildman–Crippen MR) is 110 cm³/mol. The number of hydrogen-bond donors (Lipinski definition) is 2. The first-order valence-electron chi connectivity index (χ1n) is 9.81. The molecule has 2 aromatic carbocycles. The first-order chi connectivity index (χ1) is 13.6. The molecule has 4 rings (SSSR count). The van der Waals surface area contributed by atoms with Gasteiger partial charge in [0, 0.05) is 41.3 Å². The number of amides is 2. The van der Waals surface area contributed by atoms with Crippen molar-refractivity contribution in [2.75, 3.05) is 13.1 Å². The van der Waals surface area contributed by atoms with Crippen LogP contribution in [0.5, 0.6) is 0 Å². The molecule has 0 unspecified atom stereocenters. The number of likely N-dealkylation sites (tertiary alicyclic amines) is 1. The zero-order chi connectivity index (χ0) is 19.5. The Morgan fingerprint density at radius 3 is 2.46 bits per heavy atom. The lowest BCUT2D eigenvalue weighted by Crippen LogP contribution is -2.47. The van der Waals surface area contributed by atoms with Crippen LogP contribution in [0.25, 0.3) is 10.9 Å². The first kappa shape index (κ1) is 18.3. The molecular formula is C23H25N3O2. The second-order valence-electron chi connectivity index (χ2n) is 7.45. The number of nitrogens with zero attached hydrogens (tertiary/aromatic N) is 1. The van der Waals surface area contributed by atoms with E-state index in [1.165, 1.54) is 0 Å². The Bertz CT molecular complexity index is 986. The number of rotatable bonds is 4. The number of fused-ring (bicyclic) bond motifs is 1. The molecule has 2 amide bonds. The molecule has 5 heteroatoms. The summed E-state index contributed by atoms with van der Waals surface area (Å²) in [6, 6.07) is 17.5. The number of hydrogen-bond acceptors (Lipinski definition) is 2. The average Bonchev–Trinajstić information content (AvgIpc) is 3.04. The van der Waals surface area contributed by atoms with Gasteiger partial charge in [-0.15, -0.1) is 0 Å². The van der Waals surface area contributed by atoms with Crippen molar-refractivity contribution >= 4 is 22.7 Å². The highest BCUT2D eigenvalue weighted by molar-refractivity contribution is 5.94. The van der Waals surface area contributed by atoms with E-state index >= 15 is 0 Å². The summed E-state index contributed by atoms with van der Waals surface area (Å²) in [6.07, 6.45) is 1.99. The summed E-state index contributed by atoms with van der Waals surface area (Å²) < 4.78 is 0. The fourth-order valence-corrected chi connectivity index (χ4v) is 3.96. The maximum Gasteiger partial charge on any atom is 0.251 e. The Labute approximate surface area is 164 Å². The number of piperidine rings is 1. The van der Waals surface area contributed by atoms with E-state index in [0.29, 0.717) is 25.1 Å². The van der Waals surface area contributed by atoms with Crippen molar-refractivity contribution in [3.63, 3.8) is 0 Å². The van der Waals surface area contributed by atoms with E-state index in [-0.39, 0.29) is 17.9 Å². The molecule has 1 fully saturated rings. The fourth-order valence-electron chi connectivity index (χ4n) is 3.96. The van der Waals surface area contributed by atoms with Gasteiger partial charge in [0.05, 0.1) is 6.42 Å². The normalized spacial score (nSPS) is 15.0. The van der Waals surface area contributed by atoms with Crippen molar-refractivity contribution in [3.8, 4) is 0 Å². The molecule has 0 bridgehead atoms. The highest BCUT2D eigenvalue weighted by Crippen LogP contribution is 2.23. The number of H-pyrrole nitrogens is 1. The number of nitrogens with one attached hydrogen (secondary N) is 2. The molecule has 0 aliphatic carbocycles. The summed E-state index contributed by atoms with van der Waals surface area (Å²) in [4.78, 5) is 30.4. The summed E-state index contributed by atoms with van der Waals surface area (Å²) in [5.41, 5.74) is 3.89. The molecule has 0 spiro atoms. The van der Waals surface area contributed by atoms with Gasteiger partial charge in [-0.05, 0) is 43.5 Å². The van der Waals surface area contributed by atoms with E-state index in [0.717, 1.165) is 35.0 Å². The molecule has 0 saturated carbocycles. The summed E-state index contributed by atoms with van der Waals surface area (Å²) >= 11 is 0. The van der Waals surface area contributed by atoms with Crippen molar-refractivity contribution in [2.24, 2.45) is 0 Å². The van der Waals surface area contributed by atoms with Gasteiger partial charge < -0.3 is 15.2 Å². The molecule has 1 saturated heterocycles. The Morgan fingerprint density at radius 2 is 1.71 bits per heavy atom. The van der Waals surface area contributed by atoms with Crippen LogP contribution >= 0.6 is 0 Å². The van der Waals surface area contributed by atoms with Gasteiger partial charge >= 0.3 is 0 Å².